The molecule has 0 aliphatic carbocycles. The second-order valence-corrected chi connectivity index (χ2v) is 3.06. The lowest BCUT2D eigenvalue weighted by Gasteiger charge is -2.16. The predicted molar refractivity (Wildman–Crippen MR) is 44.8 cm³/mol. The van der Waals surface area contributed by atoms with Crippen molar-refractivity contribution in [1.82, 2.24) is 10.2 Å². The van der Waals surface area contributed by atoms with Crippen molar-refractivity contribution in [3.05, 3.63) is 0 Å². The van der Waals surface area contributed by atoms with Gasteiger partial charge < -0.3 is 16.2 Å². The van der Waals surface area contributed by atoms with Gasteiger partial charge in [0.25, 0.3) is 5.91 Å². The van der Waals surface area contributed by atoms with Crippen LogP contribution in [0.4, 0.5) is 4.79 Å². The summed E-state index contributed by atoms with van der Waals surface area (Å²) >= 11 is 0. The van der Waals surface area contributed by atoms with E-state index in [9.17, 15) is 9.59 Å². The number of imide groups is 1. The number of rotatable bonds is 3. The van der Waals surface area contributed by atoms with Crippen molar-refractivity contribution in [3.8, 4) is 0 Å². The summed E-state index contributed by atoms with van der Waals surface area (Å²) in [6.07, 6.45) is 0. The summed E-state index contributed by atoms with van der Waals surface area (Å²) in [4.78, 5) is 23.4. The largest absolute Gasteiger partial charge is 0.395 e. The van der Waals surface area contributed by atoms with Gasteiger partial charge in [0.05, 0.1) is 6.61 Å². The van der Waals surface area contributed by atoms with Crippen LogP contribution >= 0.6 is 0 Å². The first kappa shape index (κ1) is 9.94. The molecule has 0 radical (unpaired) electrons. The molecule has 0 bridgehead atoms. The van der Waals surface area contributed by atoms with E-state index in [-0.39, 0.29) is 19.1 Å². The summed E-state index contributed by atoms with van der Waals surface area (Å²) in [5.74, 6) is -0.297. The maximum Gasteiger partial charge on any atom is 0.324 e. The molecule has 1 fully saturated rings. The van der Waals surface area contributed by atoms with Crippen molar-refractivity contribution in [3.63, 3.8) is 0 Å². The molecule has 1 rings (SSSR count). The van der Waals surface area contributed by atoms with Crippen LogP contribution in [0.1, 0.15) is 6.92 Å². The van der Waals surface area contributed by atoms with E-state index in [2.05, 4.69) is 5.32 Å². The Kier molecular flexibility index (Phi) is 2.84. The van der Waals surface area contributed by atoms with Crippen molar-refractivity contribution in [2.24, 2.45) is 5.73 Å². The second-order valence-electron chi connectivity index (χ2n) is 3.06. The van der Waals surface area contributed by atoms with Crippen LogP contribution in [0.5, 0.6) is 0 Å². The van der Waals surface area contributed by atoms with Gasteiger partial charge in [-0.1, -0.05) is 0 Å². The van der Waals surface area contributed by atoms with Crippen molar-refractivity contribution < 1.29 is 14.7 Å². The molecule has 1 saturated heterocycles. The molecule has 4 N–H and O–H groups in total. The minimum atomic E-state index is -0.569. The van der Waals surface area contributed by atoms with Crippen LogP contribution in [-0.4, -0.2) is 47.2 Å². The number of nitrogens with one attached hydrogen (secondary N) is 1. The first-order chi connectivity index (χ1) is 6.06. The molecule has 0 aromatic carbocycles. The number of aliphatic hydroxyl groups excluding tert-OH is 1. The zero-order valence-corrected chi connectivity index (χ0v) is 7.36. The Hall–Kier alpha value is -1.14. The Labute approximate surface area is 75.7 Å². The van der Waals surface area contributed by atoms with Crippen molar-refractivity contribution in [2.45, 2.75) is 19.0 Å². The van der Waals surface area contributed by atoms with E-state index in [1.54, 1.807) is 6.92 Å². The number of aliphatic hydroxyl groups is 1. The molecule has 0 spiro atoms. The molecule has 6 nitrogen and oxygen atoms in total. The molecular formula is C7H13N3O3. The fourth-order valence-corrected chi connectivity index (χ4v) is 1.12. The van der Waals surface area contributed by atoms with Gasteiger partial charge in [-0.2, -0.15) is 0 Å². The molecule has 1 aliphatic rings. The number of carbonyl (C=O) groups excluding carboxylic acids is 2. The SMILES string of the molecule is CC1NC(=O)N(CC(N)CO)C1=O. The van der Waals surface area contributed by atoms with Gasteiger partial charge in [0.15, 0.2) is 0 Å². The van der Waals surface area contributed by atoms with Crippen molar-refractivity contribution in [1.29, 1.82) is 0 Å². The zero-order valence-electron chi connectivity index (χ0n) is 7.36. The Bertz CT molecular complexity index is 231. The van der Waals surface area contributed by atoms with Crippen molar-refractivity contribution in [2.75, 3.05) is 13.2 Å². The molecule has 0 aromatic rings. The fourth-order valence-electron chi connectivity index (χ4n) is 1.12. The third kappa shape index (κ3) is 1.96. The molecule has 0 saturated carbocycles. The van der Waals surface area contributed by atoms with E-state index in [0.29, 0.717) is 0 Å². The second kappa shape index (κ2) is 3.71. The standard InChI is InChI=1S/C7H13N3O3/c1-4-6(12)10(7(13)9-4)2-5(8)3-11/h4-5,11H,2-3,8H2,1H3,(H,9,13). The maximum absolute atomic E-state index is 11.3. The molecule has 3 amide bonds. The van der Waals surface area contributed by atoms with E-state index in [1.807, 2.05) is 0 Å². The van der Waals surface area contributed by atoms with Crippen molar-refractivity contribution >= 4 is 11.9 Å². The minimum Gasteiger partial charge on any atom is -0.395 e. The lowest BCUT2D eigenvalue weighted by molar-refractivity contribution is -0.127. The smallest absolute Gasteiger partial charge is 0.324 e. The maximum atomic E-state index is 11.3. The van der Waals surface area contributed by atoms with Gasteiger partial charge in [0, 0.05) is 12.6 Å². The molecule has 13 heavy (non-hydrogen) atoms. The highest BCUT2D eigenvalue weighted by Gasteiger charge is 2.35. The van der Waals surface area contributed by atoms with Crippen LogP contribution in [0, 0.1) is 0 Å². The Morgan fingerprint density at radius 2 is 2.31 bits per heavy atom. The van der Waals surface area contributed by atoms with E-state index in [1.165, 1.54) is 0 Å². The van der Waals surface area contributed by atoms with E-state index in [0.717, 1.165) is 4.90 Å². The lowest BCUT2D eigenvalue weighted by Crippen LogP contribution is -2.43. The molecule has 2 unspecified atom stereocenters. The Morgan fingerprint density at radius 3 is 2.69 bits per heavy atom. The van der Waals surface area contributed by atoms with Crippen LogP contribution in [0.3, 0.4) is 0 Å². The lowest BCUT2D eigenvalue weighted by atomic mass is 10.3. The molecule has 1 aliphatic heterocycles. The van der Waals surface area contributed by atoms with Crippen LogP contribution < -0.4 is 11.1 Å². The van der Waals surface area contributed by atoms with Gasteiger partial charge in [0.2, 0.25) is 0 Å². The number of urea groups is 1. The first-order valence-corrected chi connectivity index (χ1v) is 4.04. The molecular weight excluding hydrogens is 174 g/mol. The number of hydrogen-bond donors (Lipinski definition) is 3. The highest BCUT2D eigenvalue weighted by atomic mass is 16.3. The van der Waals surface area contributed by atoms with Gasteiger partial charge in [-0.05, 0) is 6.92 Å². The van der Waals surface area contributed by atoms with E-state index in [4.69, 9.17) is 10.8 Å². The number of carbonyl (C=O) groups is 2. The molecule has 1 heterocycles. The number of hydrogen-bond acceptors (Lipinski definition) is 4. The average Bonchev–Trinajstić information content (AvgIpc) is 2.32. The van der Waals surface area contributed by atoms with Gasteiger partial charge in [-0.15, -0.1) is 0 Å². The van der Waals surface area contributed by atoms with Gasteiger partial charge in [0.1, 0.15) is 6.04 Å². The first-order valence-electron chi connectivity index (χ1n) is 4.04. The molecule has 74 valence electrons. The number of amides is 3. The fraction of sp³-hybridized carbons (Fsp3) is 0.714. The third-order valence-corrected chi connectivity index (χ3v) is 1.87. The summed E-state index contributed by atoms with van der Waals surface area (Å²) in [6.45, 7) is 1.42. The van der Waals surface area contributed by atoms with Gasteiger partial charge in [-0.3, -0.25) is 9.69 Å². The highest BCUT2D eigenvalue weighted by molar-refractivity contribution is 6.03. The van der Waals surface area contributed by atoms with E-state index < -0.39 is 18.1 Å². The Morgan fingerprint density at radius 1 is 1.69 bits per heavy atom. The topological polar surface area (TPSA) is 95.7 Å². The van der Waals surface area contributed by atoms with Crippen LogP contribution in [0.15, 0.2) is 0 Å². The molecule has 6 heteroatoms. The quantitative estimate of drug-likeness (QED) is 0.456. The molecule has 2 atom stereocenters. The third-order valence-electron chi connectivity index (χ3n) is 1.87. The van der Waals surface area contributed by atoms with Gasteiger partial charge >= 0.3 is 6.03 Å². The van der Waals surface area contributed by atoms with Gasteiger partial charge in [-0.25, -0.2) is 4.79 Å². The summed E-state index contributed by atoms with van der Waals surface area (Å²) in [5, 5.41) is 11.1. The monoisotopic (exact) mass is 187 g/mol. The summed E-state index contributed by atoms with van der Waals surface area (Å²) in [6, 6.07) is -1.50. The number of nitrogens with zero attached hydrogens (tertiary/aromatic N) is 1. The summed E-state index contributed by atoms with van der Waals surface area (Å²) < 4.78 is 0. The predicted octanol–water partition coefficient (Wildman–Crippen LogP) is -1.75. The van der Waals surface area contributed by atoms with Crippen LogP contribution in [0.25, 0.3) is 0 Å². The van der Waals surface area contributed by atoms with Crippen LogP contribution in [-0.2, 0) is 4.79 Å². The average molecular weight is 187 g/mol. The molecule has 0 aromatic heterocycles. The minimum absolute atomic E-state index is 0.0610. The normalized spacial score (nSPS) is 24.8. The van der Waals surface area contributed by atoms with E-state index >= 15 is 0 Å². The summed E-state index contributed by atoms with van der Waals surface area (Å²) in [7, 11) is 0. The van der Waals surface area contributed by atoms with Crippen LogP contribution in [0.2, 0.25) is 0 Å². The summed E-state index contributed by atoms with van der Waals surface area (Å²) in [5.41, 5.74) is 5.40. The highest BCUT2D eigenvalue weighted by Crippen LogP contribution is 2.05. The Balaban J connectivity index is 2.59. The zero-order chi connectivity index (χ0) is 10.0. The number of nitrogens with two attached hydrogens (primary N) is 1.